The second-order valence-electron chi connectivity index (χ2n) is 4.91. The van der Waals surface area contributed by atoms with E-state index in [0.717, 1.165) is 41.1 Å². The first-order valence-electron chi connectivity index (χ1n) is 7.14. The van der Waals surface area contributed by atoms with Gasteiger partial charge in [-0.1, -0.05) is 21.1 Å². The van der Waals surface area contributed by atoms with Crippen molar-refractivity contribution in [3.8, 4) is 5.69 Å². The van der Waals surface area contributed by atoms with Crippen LogP contribution in [-0.2, 0) is 19.6 Å². The predicted molar refractivity (Wildman–Crippen MR) is 87.5 cm³/mol. The molecule has 0 bridgehead atoms. The minimum atomic E-state index is 0.740. The summed E-state index contributed by atoms with van der Waals surface area (Å²) in [6.07, 6.45) is 5.71. The molecule has 0 unspecified atom stereocenters. The SMILES string of the molecule is CCn1nncc1CNCc1cnn(-c2ccc(Br)cc2)c1. The molecule has 2 aromatic heterocycles. The highest BCUT2D eigenvalue weighted by Gasteiger charge is 2.03. The number of rotatable bonds is 6. The summed E-state index contributed by atoms with van der Waals surface area (Å²) in [5.41, 5.74) is 3.27. The number of nitrogens with one attached hydrogen (secondary N) is 1. The van der Waals surface area contributed by atoms with Crippen LogP contribution in [-0.4, -0.2) is 24.8 Å². The third-order valence-corrected chi connectivity index (χ3v) is 3.89. The van der Waals surface area contributed by atoms with Crippen LogP contribution in [0.4, 0.5) is 0 Å². The summed E-state index contributed by atoms with van der Waals surface area (Å²) in [5, 5.41) is 15.7. The van der Waals surface area contributed by atoms with Crippen molar-refractivity contribution in [2.24, 2.45) is 0 Å². The molecular weight excluding hydrogens is 344 g/mol. The Hall–Kier alpha value is -1.99. The van der Waals surface area contributed by atoms with Crippen LogP contribution in [0.2, 0.25) is 0 Å². The molecule has 1 N–H and O–H groups in total. The molecule has 0 amide bonds. The maximum atomic E-state index is 4.40. The zero-order valence-corrected chi connectivity index (χ0v) is 13.9. The van der Waals surface area contributed by atoms with E-state index < -0.39 is 0 Å². The van der Waals surface area contributed by atoms with Gasteiger partial charge < -0.3 is 5.32 Å². The van der Waals surface area contributed by atoms with Crippen molar-refractivity contribution in [2.75, 3.05) is 0 Å². The van der Waals surface area contributed by atoms with E-state index in [4.69, 9.17) is 0 Å². The Kier molecular flexibility index (Phi) is 4.65. The molecule has 3 aromatic rings. The second-order valence-corrected chi connectivity index (χ2v) is 5.83. The average molecular weight is 361 g/mol. The molecule has 0 spiro atoms. The molecule has 0 fully saturated rings. The molecule has 114 valence electrons. The lowest BCUT2D eigenvalue weighted by molar-refractivity contribution is 0.568. The van der Waals surface area contributed by atoms with E-state index >= 15 is 0 Å². The Bertz CT molecular complexity index is 731. The fraction of sp³-hybridized carbons (Fsp3) is 0.267. The highest BCUT2D eigenvalue weighted by Crippen LogP contribution is 2.14. The molecule has 6 nitrogen and oxygen atoms in total. The molecule has 0 aliphatic carbocycles. The van der Waals surface area contributed by atoms with Gasteiger partial charge >= 0.3 is 0 Å². The lowest BCUT2D eigenvalue weighted by Gasteiger charge is -2.04. The Morgan fingerprint density at radius 1 is 1.14 bits per heavy atom. The van der Waals surface area contributed by atoms with Gasteiger partial charge in [-0.25, -0.2) is 9.36 Å². The Labute approximate surface area is 137 Å². The van der Waals surface area contributed by atoms with Gasteiger partial charge in [-0.2, -0.15) is 5.10 Å². The number of hydrogen-bond acceptors (Lipinski definition) is 4. The highest BCUT2D eigenvalue weighted by molar-refractivity contribution is 9.10. The molecule has 0 aliphatic rings. The number of benzene rings is 1. The van der Waals surface area contributed by atoms with Crippen molar-refractivity contribution >= 4 is 15.9 Å². The van der Waals surface area contributed by atoms with E-state index in [-0.39, 0.29) is 0 Å². The average Bonchev–Trinajstić information content (AvgIpc) is 3.17. The molecule has 7 heteroatoms. The number of hydrogen-bond donors (Lipinski definition) is 1. The summed E-state index contributed by atoms with van der Waals surface area (Å²) in [6, 6.07) is 8.07. The molecule has 0 aliphatic heterocycles. The number of aryl methyl sites for hydroxylation is 1. The standard InChI is InChI=1S/C15H17BrN6/c1-2-21-15(10-18-20-21)9-17-7-12-8-19-22(11-12)14-5-3-13(16)4-6-14/h3-6,8,10-11,17H,2,7,9H2,1H3. The lowest BCUT2D eigenvalue weighted by Crippen LogP contribution is -2.15. The summed E-state index contributed by atoms with van der Waals surface area (Å²) in [7, 11) is 0. The lowest BCUT2D eigenvalue weighted by atomic mass is 10.3. The van der Waals surface area contributed by atoms with E-state index in [1.165, 1.54) is 0 Å². The van der Waals surface area contributed by atoms with Gasteiger partial charge in [0, 0.05) is 35.9 Å². The van der Waals surface area contributed by atoms with Crippen molar-refractivity contribution < 1.29 is 0 Å². The van der Waals surface area contributed by atoms with Crippen LogP contribution in [0.1, 0.15) is 18.2 Å². The molecular formula is C15H17BrN6. The quantitative estimate of drug-likeness (QED) is 0.733. The smallest absolute Gasteiger partial charge is 0.0738 e. The van der Waals surface area contributed by atoms with Gasteiger partial charge in [0.2, 0.25) is 0 Å². The normalized spacial score (nSPS) is 11.0. The third-order valence-electron chi connectivity index (χ3n) is 3.36. The van der Waals surface area contributed by atoms with Gasteiger partial charge in [-0.15, -0.1) is 5.10 Å². The molecule has 22 heavy (non-hydrogen) atoms. The summed E-state index contributed by atoms with van der Waals surface area (Å²) in [6.45, 7) is 4.38. The van der Waals surface area contributed by atoms with Crippen molar-refractivity contribution in [3.63, 3.8) is 0 Å². The molecule has 2 heterocycles. The van der Waals surface area contributed by atoms with Crippen molar-refractivity contribution in [2.45, 2.75) is 26.6 Å². The maximum absolute atomic E-state index is 4.40. The fourth-order valence-corrected chi connectivity index (χ4v) is 2.47. The minimum absolute atomic E-state index is 0.740. The molecule has 0 saturated carbocycles. The highest BCUT2D eigenvalue weighted by atomic mass is 79.9. The van der Waals surface area contributed by atoms with Crippen LogP contribution in [0.3, 0.4) is 0 Å². The van der Waals surface area contributed by atoms with E-state index in [1.54, 1.807) is 6.20 Å². The molecule has 1 aromatic carbocycles. The van der Waals surface area contributed by atoms with Crippen LogP contribution >= 0.6 is 15.9 Å². The van der Waals surface area contributed by atoms with Gasteiger partial charge in [0.1, 0.15) is 0 Å². The summed E-state index contributed by atoms with van der Waals surface area (Å²) < 4.78 is 4.82. The van der Waals surface area contributed by atoms with E-state index in [1.807, 2.05) is 46.0 Å². The molecule has 0 atom stereocenters. The fourth-order valence-electron chi connectivity index (χ4n) is 2.20. The third kappa shape index (κ3) is 3.42. The zero-order valence-electron chi connectivity index (χ0n) is 12.3. The van der Waals surface area contributed by atoms with Crippen molar-refractivity contribution in [1.82, 2.24) is 30.1 Å². The van der Waals surface area contributed by atoms with E-state index in [2.05, 4.69) is 43.6 Å². The topological polar surface area (TPSA) is 60.6 Å². The number of aromatic nitrogens is 5. The van der Waals surface area contributed by atoms with Gasteiger partial charge in [0.15, 0.2) is 0 Å². The first-order chi connectivity index (χ1) is 10.8. The van der Waals surface area contributed by atoms with Crippen LogP contribution in [0.5, 0.6) is 0 Å². The summed E-state index contributed by atoms with van der Waals surface area (Å²) in [4.78, 5) is 0. The minimum Gasteiger partial charge on any atom is -0.307 e. The van der Waals surface area contributed by atoms with Gasteiger partial charge in [0.25, 0.3) is 0 Å². The van der Waals surface area contributed by atoms with Crippen LogP contribution < -0.4 is 5.32 Å². The van der Waals surface area contributed by atoms with Crippen LogP contribution in [0, 0.1) is 0 Å². The first-order valence-corrected chi connectivity index (χ1v) is 7.93. The predicted octanol–water partition coefficient (Wildman–Crippen LogP) is 2.54. The van der Waals surface area contributed by atoms with Gasteiger partial charge in [-0.3, -0.25) is 0 Å². The molecule has 0 radical (unpaired) electrons. The Morgan fingerprint density at radius 2 is 1.95 bits per heavy atom. The largest absolute Gasteiger partial charge is 0.307 e. The maximum Gasteiger partial charge on any atom is 0.0738 e. The Morgan fingerprint density at radius 3 is 2.73 bits per heavy atom. The molecule has 3 rings (SSSR count). The van der Waals surface area contributed by atoms with E-state index in [0.29, 0.717) is 0 Å². The van der Waals surface area contributed by atoms with Crippen molar-refractivity contribution in [1.29, 1.82) is 0 Å². The van der Waals surface area contributed by atoms with Gasteiger partial charge in [0.05, 0.1) is 23.8 Å². The van der Waals surface area contributed by atoms with E-state index in [9.17, 15) is 0 Å². The monoisotopic (exact) mass is 360 g/mol. The van der Waals surface area contributed by atoms with Crippen LogP contribution in [0.25, 0.3) is 5.69 Å². The molecule has 0 saturated heterocycles. The zero-order chi connectivity index (χ0) is 15.4. The summed E-state index contributed by atoms with van der Waals surface area (Å²) >= 11 is 3.44. The van der Waals surface area contributed by atoms with Crippen LogP contribution in [0.15, 0.2) is 47.3 Å². The Balaban J connectivity index is 1.59. The number of halogens is 1. The second kappa shape index (κ2) is 6.85. The van der Waals surface area contributed by atoms with Gasteiger partial charge in [-0.05, 0) is 31.2 Å². The first kappa shape index (κ1) is 14.9. The summed E-state index contributed by atoms with van der Waals surface area (Å²) in [5.74, 6) is 0. The number of nitrogens with zero attached hydrogens (tertiary/aromatic N) is 5. The van der Waals surface area contributed by atoms with Crippen molar-refractivity contribution in [3.05, 3.63) is 58.6 Å².